The van der Waals surface area contributed by atoms with Gasteiger partial charge in [0, 0.05) is 5.56 Å². The number of amides is 2. The lowest BCUT2D eigenvalue weighted by atomic mass is 10.2. The van der Waals surface area contributed by atoms with E-state index in [0.29, 0.717) is 34.3 Å². The van der Waals surface area contributed by atoms with Gasteiger partial charge in [0.2, 0.25) is 24.5 Å². The van der Waals surface area contributed by atoms with Crippen molar-refractivity contribution >= 4 is 35.0 Å². The summed E-state index contributed by atoms with van der Waals surface area (Å²) in [6, 6.07) is 12.5. The molecule has 0 saturated carbocycles. The quantitative estimate of drug-likeness (QED) is 0.637. The van der Waals surface area contributed by atoms with E-state index in [-0.39, 0.29) is 30.4 Å². The number of thioether (sulfide) groups is 1. The fraction of sp³-hybridized carbons (Fsp3) is 0.200. The lowest BCUT2D eigenvalue weighted by Crippen LogP contribution is -2.45. The second kappa shape index (κ2) is 7.38. The molecule has 0 unspecified atom stereocenters. The molecule has 2 aliphatic heterocycles. The number of hydrogen-bond donors (Lipinski definition) is 1. The summed E-state index contributed by atoms with van der Waals surface area (Å²) in [7, 11) is 0. The van der Waals surface area contributed by atoms with Gasteiger partial charge in [-0.25, -0.2) is 0 Å². The van der Waals surface area contributed by atoms with Crippen molar-refractivity contribution in [2.24, 2.45) is 0 Å². The van der Waals surface area contributed by atoms with Gasteiger partial charge in [0.15, 0.2) is 11.5 Å². The van der Waals surface area contributed by atoms with Crippen molar-refractivity contribution in [1.82, 2.24) is 10.2 Å². The SMILES string of the molecule is C[C@@H](Sc1nnc(-c2ccc3c(c2)OCO3)o1)C(=O)N1CC(=O)Nc2ccccc21. The van der Waals surface area contributed by atoms with Gasteiger partial charge in [-0.2, -0.15) is 0 Å². The van der Waals surface area contributed by atoms with Crippen LogP contribution in [-0.2, 0) is 9.59 Å². The number of anilines is 2. The van der Waals surface area contributed by atoms with E-state index in [2.05, 4.69) is 15.5 Å². The second-order valence-electron chi connectivity index (χ2n) is 6.69. The van der Waals surface area contributed by atoms with Crippen LogP contribution in [0.4, 0.5) is 11.4 Å². The van der Waals surface area contributed by atoms with Crippen molar-refractivity contribution < 1.29 is 23.5 Å². The number of nitrogens with one attached hydrogen (secondary N) is 1. The predicted molar refractivity (Wildman–Crippen MR) is 109 cm³/mol. The Morgan fingerprint density at radius 2 is 2.00 bits per heavy atom. The number of fused-ring (bicyclic) bond motifs is 2. The van der Waals surface area contributed by atoms with E-state index in [4.69, 9.17) is 13.9 Å². The molecule has 30 heavy (non-hydrogen) atoms. The molecule has 9 nitrogen and oxygen atoms in total. The number of aromatic nitrogens is 2. The topological polar surface area (TPSA) is 107 Å². The summed E-state index contributed by atoms with van der Waals surface area (Å²) in [6.45, 7) is 1.89. The van der Waals surface area contributed by atoms with E-state index in [1.54, 1.807) is 43.3 Å². The highest BCUT2D eigenvalue weighted by Gasteiger charge is 2.31. The van der Waals surface area contributed by atoms with E-state index in [1.165, 1.54) is 4.90 Å². The first kappa shape index (κ1) is 18.5. The number of nitrogens with zero attached hydrogens (tertiary/aromatic N) is 3. The molecular formula is C20H16N4O5S. The smallest absolute Gasteiger partial charge is 0.277 e. The summed E-state index contributed by atoms with van der Waals surface area (Å²) in [5.74, 6) is 1.15. The van der Waals surface area contributed by atoms with Gasteiger partial charge in [0.25, 0.3) is 5.22 Å². The number of carbonyl (C=O) groups excluding carboxylic acids is 2. The van der Waals surface area contributed by atoms with E-state index >= 15 is 0 Å². The third-order valence-corrected chi connectivity index (χ3v) is 5.61. The maximum atomic E-state index is 13.0. The van der Waals surface area contributed by atoms with Crippen LogP contribution in [0.15, 0.2) is 52.1 Å². The Morgan fingerprint density at radius 3 is 2.90 bits per heavy atom. The Morgan fingerprint density at radius 1 is 1.17 bits per heavy atom. The molecule has 0 fully saturated rings. The first-order valence-corrected chi connectivity index (χ1v) is 10.1. The molecule has 152 valence electrons. The van der Waals surface area contributed by atoms with Crippen molar-refractivity contribution in [3.8, 4) is 23.0 Å². The molecule has 0 aliphatic carbocycles. The standard InChI is InChI=1S/C20H16N4O5S/c1-11(19(26)24-9-17(25)21-13-4-2-3-5-14(13)24)30-20-23-22-18(29-20)12-6-7-15-16(8-12)28-10-27-15/h2-8,11H,9-10H2,1H3,(H,21,25)/t11-/m1/s1. The molecule has 0 bridgehead atoms. The molecular weight excluding hydrogens is 408 g/mol. The average molecular weight is 424 g/mol. The number of ether oxygens (including phenoxy) is 2. The molecule has 2 aliphatic rings. The van der Waals surface area contributed by atoms with Crippen LogP contribution in [-0.4, -0.2) is 40.6 Å². The minimum atomic E-state index is -0.533. The third kappa shape index (κ3) is 3.35. The first-order chi connectivity index (χ1) is 14.6. The predicted octanol–water partition coefficient (Wildman–Crippen LogP) is 2.93. The van der Waals surface area contributed by atoms with Gasteiger partial charge in [0.05, 0.1) is 16.6 Å². The monoisotopic (exact) mass is 424 g/mol. The fourth-order valence-electron chi connectivity index (χ4n) is 3.25. The molecule has 1 atom stereocenters. The fourth-order valence-corrected chi connectivity index (χ4v) is 4.00. The van der Waals surface area contributed by atoms with Crippen molar-refractivity contribution in [3.63, 3.8) is 0 Å². The molecule has 5 rings (SSSR count). The van der Waals surface area contributed by atoms with Crippen molar-refractivity contribution in [1.29, 1.82) is 0 Å². The van der Waals surface area contributed by atoms with Gasteiger partial charge in [-0.05, 0) is 37.3 Å². The summed E-state index contributed by atoms with van der Waals surface area (Å²) in [6.07, 6.45) is 0. The summed E-state index contributed by atoms with van der Waals surface area (Å²) in [4.78, 5) is 26.5. The number of hydrogen-bond acceptors (Lipinski definition) is 8. The Hall–Kier alpha value is -3.53. The number of carbonyl (C=O) groups is 2. The second-order valence-corrected chi connectivity index (χ2v) is 7.98. The molecule has 3 aromatic rings. The van der Waals surface area contributed by atoms with Gasteiger partial charge in [-0.1, -0.05) is 23.9 Å². The number of rotatable bonds is 4. The van der Waals surface area contributed by atoms with Crippen LogP contribution in [0.2, 0.25) is 0 Å². The summed E-state index contributed by atoms with van der Waals surface area (Å²) in [5.41, 5.74) is 1.97. The van der Waals surface area contributed by atoms with Crippen LogP contribution >= 0.6 is 11.8 Å². The Bertz CT molecular complexity index is 1150. The Balaban J connectivity index is 1.32. The van der Waals surface area contributed by atoms with E-state index < -0.39 is 5.25 Å². The van der Waals surface area contributed by atoms with Crippen LogP contribution in [0.5, 0.6) is 11.5 Å². The minimum Gasteiger partial charge on any atom is -0.454 e. The van der Waals surface area contributed by atoms with Crippen LogP contribution in [0, 0.1) is 0 Å². The molecule has 2 amide bonds. The normalized spacial score (nSPS) is 15.5. The zero-order valence-electron chi connectivity index (χ0n) is 15.8. The maximum absolute atomic E-state index is 13.0. The molecule has 10 heteroatoms. The van der Waals surface area contributed by atoms with Gasteiger partial charge in [-0.3, -0.25) is 14.5 Å². The molecule has 3 heterocycles. The van der Waals surface area contributed by atoms with Gasteiger partial charge in [0.1, 0.15) is 6.54 Å². The zero-order chi connectivity index (χ0) is 20.7. The summed E-state index contributed by atoms with van der Waals surface area (Å²) >= 11 is 1.14. The van der Waals surface area contributed by atoms with Crippen LogP contribution in [0.1, 0.15) is 6.92 Å². The summed E-state index contributed by atoms with van der Waals surface area (Å²) in [5, 5.41) is 10.6. The van der Waals surface area contributed by atoms with Gasteiger partial charge >= 0.3 is 0 Å². The van der Waals surface area contributed by atoms with Crippen molar-refractivity contribution in [2.75, 3.05) is 23.6 Å². The van der Waals surface area contributed by atoms with Crippen molar-refractivity contribution in [3.05, 3.63) is 42.5 Å². The highest BCUT2D eigenvalue weighted by atomic mass is 32.2. The molecule has 2 aromatic carbocycles. The van der Waals surface area contributed by atoms with E-state index in [0.717, 1.165) is 11.8 Å². The van der Waals surface area contributed by atoms with Gasteiger partial charge < -0.3 is 19.2 Å². The van der Waals surface area contributed by atoms with Crippen molar-refractivity contribution in [2.45, 2.75) is 17.4 Å². The first-order valence-electron chi connectivity index (χ1n) is 9.19. The molecule has 0 radical (unpaired) electrons. The highest BCUT2D eigenvalue weighted by molar-refractivity contribution is 8.00. The largest absolute Gasteiger partial charge is 0.454 e. The number of benzene rings is 2. The molecule has 0 spiro atoms. The lowest BCUT2D eigenvalue weighted by molar-refractivity contribution is -0.121. The van der Waals surface area contributed by atoms with E-state index in [9.17, 15) is 9.59 Å². The molecule has 0 saturated heterocycles. The lowest BCUT2D eigenvalue weighted by Gasteiger charge is -2.30. The highest BCUT2D eigenvalue weighted by Crippen LogP contribution is 2.37. The molecule has 1 aromatic heterocycles. The summed E-state index contributed by atoms with van der Waals surface area (Å²) < 4.78 is 16.4. The maximum Gasteiger partial charge on any atom is 0.277 e. The van der Waals surface area contributed by atoms with Gasteiger partial charge in [-0.15, -0.1) is 10.2 Å². The molecule has 1 N–H and O–H groups in total. The number of para-hydroxylation sites is 2. The van der Waals surface area contributed by atoms with Crippen LogP contribution < -0.4 is 19.7 Å². The zero-order valence-corrected chi connectivity index (χ0v) is 16.6. The Labute approximate surface area is 175 Å². The average Bonchev–Trinajstić information content (AvgIpc) is 3.41. The van der Waals surface area contributed by atoms with Crippen LogP contribution in [0.25, 0.3) is 11.5 Å². The minimum absolute atomic E-state index is 0.0347. The van der Waals surface area contributed by atoms with E-state index in [1.807, 2.05) is 6.07 Å². The van der Waals surface area contributed by atoms with Crippen LogP contribution in [0.3, 0.4) is 0 Å². The third-order valence-electron chi connectivity index (χ3n) is 4.69. The Kier molecular flexibility index (Phi) is 4.55.